The van der Waals surface area contributed by atoms with Crippen LogP contribution >= 0.6 is 12.4 Å². The number of piperidine rings is 1. The molecule has 8 heteroatoms. The molecule has 2 aromatic rings. The molecule has 0 aromatic heterocycles. The van der Waals surface area contributed by atoms with Crippen molar-refractivity contribution in [1.82, 2.24) is 10.2 Å². The van der Waals surface area contributed by atoms with Crippen molar-refractivity contribution in [3.63, 3.8) is 0 Å². The van der Waals surface area contributed by atoms with Gasteiger partial charge in [0.25, 0.3) is 15.9 Å². The number of hydrogen-bond acceptors (Lipinski definition) is 4. The van der Waals surface area contributed by atoms with Gasteiger partial charge in [-0.25, -0.2) is 8.42 Å². The topological polar surface area (TPSA) is 78.5 Å². The number of hydrogen-bond donors (Lipinski definition) is 2. The Morgan fingerprint density at radius 3 is 2.21 bits per heavy atom. The highest BCUT2D eigenvalue weighted by atomic mass is 35.5. The number of halogens is 1. The average molecular weight is 436 g/mol. The van der Waals surface area contributed by atoms with Crippen molar-refractivity contribution in [3.8, 4) is 0 Å². The summed E-state index contributed by atoms with van der Waals surface area (Å²) in [5, 5.41) is 3.44. The Morgan fingerprint density at radius 2 is 1.62 bits per heavy atom. The van der Waals surface area contributed by atoms with Crippen LogP contribution in [-0.4, -0.2) is 45.4 Å². The predicted molar refractivity (Wildman–Crippen MR) is 116 cm³/mol. The van der Waals surface area contributed by atoms with Crippen molar-refractivity contribution < 1.29 is 13.2 Å². The molecule has 29 heavy (non-hydrogen) atoms. The van der Waals surface area contributed by atoms with Gasteiger partial charge in [0.05, 0.1) is 4.90 Å². The zero-order chi connectivity index (χ0) is 19.6. The lowest BCUT2D eigenvalue weighted by molar-refractivity contribution is 0.0607. The van der Waals surface area contributed by atoms with Crippen LogP contribution in [0.1, 0.15) is 29.6 Å². The van der Waals surface area contributed by atoms with Gasteiger partial charge in [0, 0.05) is 30.9 Å². The third-order valence-corrected chi connectivity index (χ3v) is 7.28. The summed E-state index contributed by atoms with van der Waals surface area (Å²) in [6, 6.07) is 14.9. The van der Waals surface area contributed by atoms with Gasteiger partial charge in [-0.05, 0) is 67.6 Å². The highest BCUT2D eigenvalue weighted by Gasteiger charge is 2.38. The second-order valence-electron chi connectivity index (χ2n) is 7.71. The van der Waals surface area contributed by atoms with E-state index < -0.39 is 10.0 Å². The van der Waals surface area contributed by atoms with E-state index >= 15 is 0 Å². The number of nitrogens with zero attached hydrogens (tertiary/aromatic N) is 1. The molecule has 0 atom stereocenters. The van der Waals surface area contributed by atoms with E-state index in [1.54, 1.807) is 54.6 Å². The lowest BCUT2D eigenvalue weighted by atomic mass is 9.78. The van der Waals surface area contributed by atoms with E-state index in [1.165, 1.54) is 6.42 Å². The molecule has 4 rings (SSSR count). The number of anilines is 1. The van der Waals surface area contributed by atoms with Gasteiger partial charge in [0.1, 0.15) is 0 Å². The Hall–Kier alpha value is -2.09. The zero-order valence-electron chi connectivity index (χ0n) is 16.1. The first-order valence-electron chi connectivity index (χ1n) is 9.66. The smallest absolute Gasteiger partial charge is 0.261 e. The van der Waals surface area contributed by atoms with Crippen LogP contribution in [0, 0.1) is 5.41 Å². The zero-order valence-corrected chi connectivity index (χ0v) is 17.8. The minimum Gasteiger partial charge on any atom is -0.339 e. The molecular formula is C21H26ClN3O3S. The summed E-state index contributed by atoms with van der Waals surface area (Å²) >= 11 is 0. The van der Waals surface area contributed by atoms with Crippen molar-refractivity contribution in [1.29, 1.82) is 0 Å². The fourth-order valence-corrected chi connectivity index (χ4v) is 5.16. The van der Waals surface area contributed by atoms with Crippen LogP contribution in [0.2, 0.25) is 0 Å². The van der Waals surface area contributed by atoms with Gasteiger partial charge in [-0.1, -0.05) is 18.2 Å². The number of rotatable bonds is 4. The molecule has 6 nitrogen and oxygen atoms in total. The van der Waals surface area contributed by atoms with Gasteiger partial charge < -0.3 is 10.2 Å². The number of carbonyl (C=O) groups is 1. The molecule has 1 amide bonds. The van der Waals surface area contributed by atoms with Crippen LogP contribution in [-0.2, 0) is 10.0 Å². The van der Waals surface area contributed by atoms with Gasteiger partial charge in [-0.2, -0.15) is 0 Å². The third kappa shape index (κ3) is 4.74. The third-order valence-electron chi connectivity index (χ3n) is 5.88. The standard InChI is InChI=1S/C21H25N3O3S.ClH/c25-20(24-14-11-21(12-15-24)10-13-22-16-21)17-6-8-18(9-7-17)23-28(26,27)19-4-2-1-3-5-19;/h1-9,22-23H,10-16H2;1H. The summed E-state index contributed by atoms with van der Waals surface area (Å²) < 4.78 is 27.4. The Labute approximate surface area is 178 Å². The summed E-state index contributed by atoms with van der Waals surface area (Å²) in [4.78, 5) is 14.9. The molecule has 0 radical (unpaired) electrons. The van der Waals surface area contributed by atoms with Crippen LogP contribution in [0.15, 0.2) is 59.5 Å². The second-order valence-corrected chi connectivity index (χ2v) is 9.40. The van der Waals surface area contributed by atoms with Crippen molar-refractivity contribution >= 4 is 34.0 Å². The summed E-state index contributed by atoms with van der Waals surface area (Å²) in [5.41, 5.74) is 1.40. The molecule has 2 fully saturated rings. The number of sulfonamides is 1. The molecule has 2 aliphatic rings. The van der Waals surface area contributed by atoms with Crippen LogP contribution in [0.25, 0.3) is 0 Å². The summed E-state index contributed by atoms with van der Waals surface area (Å²) in [6.07, 6.45) is 3.28. The molecule has 2 N–H and O–H groups in total. The largest absolute Gasteiger partial charge is 0.339 e. The van der Waals surface area contributed by atoms with E-state index in [2.05, 4.69) is 10.0 Å². The number of carbonyl (C=O) groups excluding carboxylic acids is 1. The van der Waals surface area contributed by atoms with Crippen molar-refractivity contribution in [2.45, 2.75) is 24.2 Å². The van der Waals surface area contributed by atoms with Gasteiger partial charge >= 0.3 is 0 Å². The van der Waals surface area contributed by atoms with Crippen molar-refractivity contribution in [2.75, 3.05) is 30.9 Å². The Morgan fingerprint density at radius 1 is 0.966 bits per heavy atom. The molecule has 2 saturated heterocycles. The number of amides is 1. The maximum Gasteiger partial charge on any atom is 0.261 e. The molecule has 2 aromatic carbocycles. The number of benzene rings is 2. The SMILES string of the molecule is Cl.O=C(c1ccc(NS(=O)(=O)c2ccccc2)cc1)N1CCC2(CCNC2)CC1. The second kappa shape index (κ2) is 8.73. The normalized spacial score (nSPS) is 18.3. The molecule has 0 aliphatic carbocycles. The first kappa shape index (κ1) is 21.6. The van der Waals surface area contributed by atoms with Gasteiger partial charge in [-0.3, -0.25) is 9.52 Å². The fraction of sp³-hybridized carbons (Fsp3) is 0.381. The molecular weight excluding hydrogens is 410 g/mol. The molecule has 156 valence electrons. The van der Waals surface area contributed by atoms with E-state index in [0.717, 1.165) is 39.0 Å². The molecule has 1 spiro atoms. The fourth-order valence-electron chi connectivity index (χ4n) is 4.08. The predicted octanol–water partition coefficient (Wildman–Crippen LogP) is 3.12. The summed E-state index contributed by atoms with van der Waals surface area (Å²) in [5.74, 6) is 0.0123. The van der Waals surface area contributed by atoms with Crippen LogP contribution in [0.5, 0.6) is 0 Å². The Bertz CT molecular complexity index is 933. The van der Waals surface area contributed by atoms with E-state index in [9.17, 15) is 13.2 Å². The quantitative estimate of drug-likeness (QED) is 0.773. The molecule has 2 heterocycles. The van der Waals surface area contributed by atoms with Gasteiger partial charge in [0.15, 0.2) is 0 Å². The van der Waals surface area contributed by atoms with Crippen LogP contribution in [0.3, 0.4) is 0 Å². The van der Waals surface area contributed by atoms with E-state index in [0.29, 0.717) is 16.7 Å². The van der Waals surface area contributed by atoms with E-state index in [4.69, 9.17) is 0 Å². The van der Waals surface area contributed by atoms with Crippen molar-refractivity contribution in [3.05, 3.63) is 60.2 Å². The van der Waals surface area contributed by atoms with Crippen molar-refractivity contribution in [2.24, 2.45) is 5.41 Å². The van der Waals surface area contributed by atoms with E-state index in [-0.39, 0.29) is 23.2 Å². The van der Waals surface area contributed by atoms with Gasteiger partial charge in [-0.15, -0.1) is 12.4 Å². The average Bonchev–Trinajstić information content (AvgIpc) is 3.17. The lowest BCUT2D eigenvalue weighted by Crippen LogP contribution is -2.44. The number of nitrogens with one attached hydrogen (secondary N) is 2. The first-order valence-corrected chi connectivity index (χ1v) is 11.1. The molecule has 0 bridgehead atoms. The van der Waals surface area contributed by atoms with Gasteiger partial charge in [0.2, 0.25) is 0 Å². The van der Waals surface area contributed by atoms with Crippen LogP contribution in [0.4, 0.5) is 5.69 Å². The molecule has 0 unspecified atom stereocenters. The Kier molecular flexibility index (Phi) is 6.51. The highest BCUT2D eigenvalue weighted by Crippen LogP contribution is 2.37. The molecule has 2 aliphatic heterocycles. The summed E-state index contributed by atoms with van der Waals surface area (Å²) in [7, 11) is -3.63. The maximum absolute atomic E-state index is 12.8. The molecule has 0 saturated carbocycles. The highest BCUT2D eigenvalue weighted by molar-refractivity contribution is 7.92. The monoisotopic (exact) mass is 435 g/mol. The minimum absolute atomic E-state index is 0. The first-order chi connectivity index (χ1) is 13.5. The van der Waals surface area contributed by atoms with E-state index in [1.807, 2.05) is 4.90 Å². The Balaban J connectivity index is 0.00000240. The summed E-state index contributed by atoms with van der Waals surface area (Å²) in [6.45, 7) is 3.70. The number of likely N-dealkylation sites (tertiary alicyclic amines) is 1. The minimum atomic E-state index is -3.63. The lowest BCUT2D eigenvalue weighted by Gasteiger charge is -2.38. The van der Waals surface area contributed by atoms with Crippen LogP contribution < -0.4 is 10.0 Å². The maximum atomic E-state index is 12.8.